The van der Waals surface area contributed by atoms with Crippen LogP contribution in [0.25, 0.3) is 5.57 Å². The molecule has 0 saturated carbocycles. The molecule has 5 nitrogen and oxygen atoms in total. The summed E-state index contributed by atoms with van der Waals surface area (Å²) in [5.74, 6) is -1.17. The lowest BCUT2D eigenvalue weighted by Crippen LogP contribution is -2.23. The molecule has 102 valence electrons. The average molecular weight is 282 g/mol. The van der Waals surface area contributed by atoms with Crippen molar-refractivity contribution in [3.05, 3.63) is 29.2 Å². The summed E-state index contributed by atoms with van der Waals surface area (Å²) >= 11 is 0. The van der Waals surface area contributed by atoms with Crippen molar-refractivity contribution < 1.29 is 23.4 Å². The molecule has 2 rings (SSSR count). The van der Waals surface area contributed by atoms with Crippen molar-refractivity contribution in [2.45, 2.75) is 25.2 Å². The number of hydrogen-bond acceptors (Lipinski definition) is 4. The van der Waals surface area contributed by atoms with E-state index in [1.165, 1.54) is 32.0 Å². The third-order valence-electron chi connectivity index (χ3n) is 3.14. The molecule has 0 atom stereocenters. The zero-order valence-electron chi connectivity index (χ0n) is 10.5. The Labute approximate surface area is 111 Å². The van der Waals surface area contributed by atoms with Crippen LogP contribution in [0.5, 0.6) is 5.75 Å². The minimum Gasteiger partial charge on any atom is -0.507 e. The maximum Gasteiger partial charge on any atom is 0.309 e. The van der Waals surface area contributed by atoms with Gasteiger partial charge in [0.05, 0.1) is 10.3 Å². The fourth-order valence-corrected chi connectivity index (χ4v) is 3.56. The molecular formula is C13H14O5S. The summed E-state index contributed by atoms with van der Waals surface area (Å²) in [7, 11) is -3.59. The van der Waals surface area contributed by atoms with E-state index in [2.05, 4.69) is 0 Å². The van der Waals surface area contributed by atoms with Gasteiger partial charge in [-0.1, -0.05) is 6.07 Å². The van der Waals surface area contributed by atoms with Gasteiger partial charge >= 0.3 is 5.97 Å². The van der Waals surface area contributed by atoms with Gasteiger partial charge in [0, 0.05) is 11.0 Å². The van der Waals surface area contributed by atoms with Gasteiger partial charge in [-0.2, -0.15) is 0 Å². The van der Waals surface area contributed by atoms with E-state index in [1.54, 1.807) is 0 Å². The maximum atomic E-state index is 11.9. The van der Waals surface area contributed by atoms with E-state index in [4.69, 9.17) is 5.11 Å². The number of fused-ring (bicyclic) bond motifs is 1. The Hall–Kier alpha value is -1.82. The van der Waals surface area contributed by atoms with Crippen LogP contribution in [0.15, 0.2) is 28.5 Å². The molecule has 1 heterocycles. The van der Waals surface area contributed by atoms with E-state index in [9.17, 15) is 18.3 Å². The number of rotatable bonds is 3. The van der Waals surface area contributed by atoms with Gasteiger partial charge in [0.1, 0.15) is 5.75 Å². The zero-order valence-corrected chi connectivity index (χ0v) is 11.4. The Bertz CT molecular complexity index is 683. The molecule has 2 N–H and O–H groups in total. The molecule has 1 aromatic carbocycles. The molecule has 1 aliphatic rings. The molecule has 1 aliphatic heterocycles. The van der Waals surface area contributed by atoms with E-state index in [0.29, 0.717) is 5.57 Å². The van der Waals surface area contributed by atoms with Crippen molar-refractivity contribution in [1.29, 1.82) is 0 Å². The summed E-state index contributed by atoms with van der Waals surface area (Å²) in [5, 5.41) is 20.0. The molecule has 0 aliphatic carbocycles. The van der Waals surface area contributed by atoms with Crippen molar-refractivity contribution in [2.24, 2.45) is 5.41 Å². The molecule has 0 spiro atoms. The first-order valence-electron chi connectivity index (χ1n) is 5.66. The Kier molecular flexibility index (Phi) is 2.93. The number of phenols is 1. The van der Waals surface area contributed by atoms with Crippen molar-refractivity contribution in [1.82, 2.24) is 0 Å². The standard InChI is InChI=1S/C13H14O5S/c1-13(2,12(15)16)6-8-7-19(17,18)10-5-3-4-9(14)11(8)10/h3-5,7,14H,6H2,1-2H3,(H,15,16). The molecule has 6 heteroatoms. The monoisotopic (exact) mass is 282 g/mol. The van der Waals surface area contributed by atoms with Crippen LogP contribution in [0.1, 0.15) is 25.8 Å². The Morgan fingerprint density at radius 3 is 2.53 bits per heavy atom. The van der Waals surface area contributed by atoms with Gasteiger partial charge < -0.3 is 10.2 Å². The number of carboxylic acids is 1. The van der Waals surface area contributed by atoms with E-state index in [1.807, 2.05) is 0 Å². The number of phenolic OH excluding ortho intramolecular Hbond substituents is 1. The summed E-state index contributed by atoms with van der Waals surface area (Å²) in [6.45, 7) is 3.03. The number of hydrogen-bond donors (Lipinski definition) is 2. The first-order chi connectivity index (χ1) is 8.65. The second kappa shape index (κ2) is 4.09. The van der Waals surface area contributed by atoms with Crippen LogP contribution in [0.4, 0.5) is 0 Å². The first-order valence-corrected chi connectivity index (χ1v) is 7.21. The number of aromatic hydroxyl groups is 1. The van der Waals surface area contributed by atoms with Gasteiger partial charge in [0.15, 0.2) is 0 Å². The molecular weight excluding hydrogens is 268 g/mol. The quantitative estimate of drug-likeness (QED) is 0.885. The fraction of sp³-hybridized carbons (Fsp3) is 0.308. The van der Waals surface area contributed by atoms with Crippen molar-refractivity contribution in [3.8, 4) is 5.75 Å². The van der Waals surface area contributed by atoms with Gasteiger partial charge in [-0.05, 0) is 38.0 Å². The van der Waals surface area contributed by atoms with Gasteiger partial charge in [-0.3, -0.25) is 4.79 Å². The number of benzene rings is 1. The van der Waals surface area contributed by atoms with Crippen molar-refractivity contribution in [3.63, 3.8) is 0 Å². The molecule has 1 aromatic rings. The highest BCUT2D eigenvalue weighted by Gasteiger charge is 2.35. The van der Waals surface area contributed by atoms with Crippen molar-refractivity contribution >= 4 is 21.4 Å². The summed E-state index contributed by atoms with van der Waals surface area (Å²) < 4.78 is 23.9. The van der Waals surface area contributed by atoms with E-state index >= 15 is 0 Å². The molecule has 0 radical (unpaired) electrons. The predicted octanol–water partition coefficient (Wildman–Crippen LogP) is 2.02. The van der Waals surface area contributed by atoms with Gasteiger partial charge in [-0.15, -0.1) is 0 Å². The molecule has 0 fully saturated rings. The van der Waals surface area contributed by atoms with E-state index in [0.717, 1.165) is 5.41 Å². The van der Waals surface area contributed by atoms with Crippen LogP contribution < -0.4 is 0 Å². The molecule has 0 saturated heterocycles. The van der Waals surface area contributed by atoms with E-state index < -0.39 is 21.2 Å². The number of aliphatic carboxylic acids is 1. The summed E-state index contributed by atoms with van der Waals surface area (Å²) in [4.78, 5) is 11.2. The third kappa shape index (κ3) is 2.23. The lowest BCUT2D eigenvalue weighted by molar-refractivity contribution is -0.146. The Balaban J connectivity index is 2.55. The Morgan fingerprint density at radius 1 is 1.32 bits per heavy atom. The SMILES string of the molecule is CC(C)(CC1=CS(=O)(=O)c2cccc(O)c21)C(=O)O. The summed E-state index contributed by atoms with van der Waals surface area (Å²) in [6.07, 6.45) is 0.0339. The molecule has 0 bridgehead atoms. The highest BCUT2D eigenvalue weighted by molar-refractivity contribution is 7.95. The number of allylic oxidation sites excluding steroid dienone is 1. The van der Waals surface area contributed by atoms with Crippen LogP contribution in [-0.2, 0) is 14.6 Å². The largest absolute Gasteiger partial charge is 0.507 e. The predicted molar refractivity (Wildman–Crippen MR) is 69.3 cm³/mol. The highest BCUT2D eigenvalue weighted by atomic mass is 32.2. The highest BCUT2D eigenvalue weighted by Crippen LogP contribution is 2.43. The van der Waals surface area contributed by atoms with Crippen LogP contribution >= 0.6 is 0 Å². The third-order valence-corrected chi connectivity index (χ3v) is 4.69. The van der Waals surface area contributed by atoms with Crippen LogP contribution in [-0.4, -0.2) is 24.6 Å². The topological polar surface area (TPSA) is 91.7 Å². The van der Waals surface area contributed by atoms with Crippen LogP contribution in [0.3, 0.4) is 0 Å². The van der Waals surface area contributed by atoms with Crippen molar-refractivity contribution in [2.75, 3.05) is 0 Å². The van der Waals surface area contributed by atoms with Crippen LogP contribution in [0, 0.1) is 5.41 Å². The minimum atomic E-state index is -3.59. The molecule has 0 amide bonds. The minimum absolute atomic E-state index is 0.0312. The van der Waals surface area contributed by atoms with E-state index in [-0.39, 0.29) is 22.6 Å². The first kappa shape index (κ1) is 13.6. The van der Waals surface area contributed by atoms with Gasteiger partial charge in [0.25, 0.3) is 0 Å². The number of carbonyl (C=O) groups is 1. The summed E-state index contributed by atoms with van der Waals surface area (Å²) in [6, 6.07) is 4.24. The Morgan fingerprint density at radius 2 is 1.95 bits per heavy atom. The lowest BCUT2D eigenvalue weighted by Gasteiger charge is -2.20. The average Bonchev–Trinajstić information content (AvgIpc) is 2.51. The number of sulfone groups is 1. The van der Waals surface area contributed by atoms with Crippen LogP contribution in [0.2, 0.25) is 0 Å². The second-order valence-electron chi connectivity index (χ2n) is 5.20. The molecule has 0 aromatic heterocycles. The summed E-state index contributed by atoms with van der Waals surface area (Å²) in [5.41, 5.74) is -0.553. The number of carboxylic acid groups (broad SMARTS) is 1. The van der Waals surface area contributed by atoms with Gasteiger partial charge in [-0.25, -0.2) is 8.42 Å². The normalized spacial score (nSPS) is 16.8. The lowest BCUT2D eigenvalue weighted by atomic mass is 9.84. The fourth-order valence-electron chi connectivity index (χ4n) is 2.07. The smallest absolute Gasteiger partial charge is 0.309 e. The zero-order chi connectivity index (χ0) is 14.4. The van der Waals surface area contributed by atoms with Gasteiger partial charge in [0.2, 0.25) is 9.84 Å². The molecule has 0 unspecified atom stereocenters. The second-order valence-corrected chi connectivity index (χ2v) is 6.97. The molecule has 19 heavy (non-hydrogen) atoms. The maximum absolute atomic E-state index is 11.9.